The molecule has 0 radical (unpaired) electrons. The van der Waals surface area contributed by atoms with E-state index in [0.29, 0.717) is 12.8 Å². The third-order valence-corrected chi connectivity index (χ3v) is 11.0. The van der Waals surface area contributed by atoms with E-state index < -0.39 is 36.9 Å². The van der Waals surface area contributed by atoms with Gasteiger partial charge >= 0.3 is 0 Å². The van der Waals surface area contributed by atoms with E-state index in [2.05, 4.69) is 31.3 Å². The predicted molar refractivity (Wildman–Crippen MR) is 224 cm³/mol. The monoisotopic (exact) mass is 738 g/mol. The zero-order chi connectivity index (χ0) is 38.2. The molecule has 5 N–H and O–H groups in total. The molecule has 0 aliphatic rings. The van der Waals surface area contributed by atoms with Crippen LogP contribution in [-0.4, -0.2) is 57.3 Å². The maximum atomic E-state index is 12.5. The molecule has 0 rings (SSSR count). The van der Waals surface area contributed by atoms with Crippen LogP contribution in [0.2, 0.25) is 0 Å². The molecule has 310 valence electrons. The second-order valence-corrected chi connectivity index (χ2v) is 16.1. The predicted octanol–water partition coefficient (Wildman–Crippen LogP) is 12.2. The highest BCUT2D eigenvalue weighted by atomic mass is 16.3. The van der Waals surface area contributed by atoms with Crippen molar-refractivity contribution in [3.05, 3.63) is 12.2 Å². The molecule has 0 bridgehead atoms. The molecule has 0 saturated heterocycles. The van der Waals surface area contributed by atoms with Crippen molar-refractivity contribution >= 4 is 5.91 Å². The van der Waals surface area contributed by atoms with Crippen molar-refractivity contribution in [3.8, 4) is 0 Å². The zero-order valence-electron chi connectivity index (χ0n) is 34.8. The maximum Gasteiger partial charge on any atom is 0.249 e. The Bertz CT molecular complexity index is 746. The average molecular weight is 738 g/mol. The van der Waals surface area contributed by atoms with Gasteiger partial charge in [-0.15, -0.1) is 0 Å². The van der Waals surface area contributed by atoms with Gasteiger partial charge in [0.25, 0.3) is 0 Å². The summed E-state index contributed by atoms with van der Waals surface area (Å²) in [6, 6.07) is -0.988. The van der Waals surface area contributed by atoms with E-state index >= 15 is 0 Å². The van der Waals surface area contributed by atoms with Gasteiger partial charge in [-0.3, -0.25) is 4.79 Å². The first-order valence-electron chi connectivity index (χ1n) is 23.1. The van der Waals surface area contributed by atoms with Crippen molar-refractivity contribution in [2.45, 2.75) is 269 Å². The molecule has 0 spiro atoms. The Morgan fingerprint density at radius 3 is 1.12 bits per heavy atom. The van der Waals surface area contributed by atoms with Crippen molar-refractivity contribution in [1.29, 1.82) is 0 Å². The highest BCUT2D eigenvalue weighted by Gasteiger charge is 2.28. The van der Waals surface area contributed by atoms with Gasteiger partial charge in [-0.25, -0.2) is 0 Å². The number of hydrogen-bond donors (Lipinski definition) is 5. The third-order valence-electron chi connectivity index (χ3n) is 11.0. The van der Waals surface area contributed by atoms with E-state index in [4.69, 9.17) is 0 Å². The molecule has 0 fully saturated rings. The Labute approximate surface area is 323 Å². The van der Waals surface area contributed by atoms with Crippen LogP contribution in [0.1, 0.15) is 245 Å². The van der Waals surface area contributed by atoms with Gasteiger partial charge < -0.3 is 25.7 Å². The summed E-state index contributed by atoms with van der Waals surface area (Å²) in [4.78, 5) is 12.5. The first-order valence-corrected chi connectivity index (χ1v) is 23.1. The fraction of sp³-hybridized carbons (Fsp3) is 0.935. The molecule has 6 heteroatoms. The summed E-state index contributed by atoms with van der Waals surface area (Å²) in [6.45, 7) is 4.06. The van der Waals surface area contributed by atoms with Crippen LogP contribution < -0.4 is 5.32 Å². The molecule has 6 nitrogen and oxygen atoms in total. The molecule has 0 aliphatic heterocycles. The summed E-state index contributed by atoms with van der Waals surface area (Å²) in [6.07, 6.45) is 45.3. The summed E-state index contributed by atoms with van der Waals surface area (Å²) in [7, 11) is 0. The Morgan fingerprint density at radius 2 is 0.769 bits per heavy atom. The van der Waals surface area contributed by atoms with Gasteiger partial charge in [0.15, 0.2) is 0 Å². The fourth-order valence-electron chi connectivity index (χ4n) is 7.28. The average Bonchev–Trinajstić information content (AvgIpc) is 3.15. The van der Waals surface area contributed by atoms with Crippen molar-refractivity contribution in [3.63, 3.8) is 0 Å². The number of unbranched alkanes of at least 4 members (excludes halogenated alkanes) is 31. The van der Waals surface area contributed by atoms with E-state index in [-0.39, 0.29) is 0 Å². The van der Waals surface area contributed by atoms with Crippen LogP contribution in [0.25, 0.3) is 0 Å². The molecule has 52 heavy (non-hydrogen) atoms. The van der Waals surface area contributed by atoms with Crippen LogP contribution in [-0.2, 0) is 4.79 Å². The largest absolute Gasteiger partial charge is 0.394 e. The lowest BCUT2D eigenvalue weighted by molar-refractivity contribution is -0.132. The Kier molecular flexibility index (Phi) is 40.5. The van der Waals surface area contributed by atoms with Crippen molar-refractivity contribution in [1.82, 2.24) is 5.32 Å². The van der Waals surface area contributed by atoms with E-state index in [0.717, 1.165) is 51.4 Å². The number of aliphatic hydroxyl groups is 4. The fourth-order valence-corrected chi connectivity index (χ4v) is 7.28. The van der Waals surface area contributed by atoms with Crippen LogP contribution in [0, 0.1) is 0 Å². The number of hydrogen-bond acceptors (Lipinski definition) is 5. The lowest BCUT2D eigenvalue weighted by Crippen LogP contribution is -2.53. The molecular weight excluding hydrogens is 647 g/mol. The number of allylic oxidation sites excluding steroid dienone is 2. The lowest BCUT2D eigenvalue weighted by Gasteiger charge is -2.27. The first kappa shape index (κ1) is 51.0. The van der Waals surface area contributed by atoms with Gasteiger partial charge in [-0.05, 0) is 38.5 Å². The highest BCUT2D eigenvalue weighted by molar-refractivity contribution is 5.80. The lowest BCUT2D eigenvalue weighted by atomic mass is 9.99. The molecule has 0 unspecified atom stereocenters. The van der Waals surface area contributed by atoms with Crippen LogP contribution >= 0.6 is 0 Å². The number of aliphatic hydroxyl groups excluding tert-OH is 4. The second-order valence-electron chi connectivity index (χ2n) is 16.1. The third kappa shape index (κ3) is 34.8. The summed E-state index contributed by atoms with van der Waals surface area (Å²) in [5.41, 5.74) is 0. The number of carbonyl (C=O) groups excluding carboxylic acids is 1. The molecule has 1 amide bonds. The Morgan fingerprint density at radius 1 is 0.462 bits per heavy atom. The normalized spacial score (nSPS) is 14.2. The number of amides is 1. The van der Waals surface area contributed by atoms with Crippen LogP contribution in [0.15, 0.2) is 12.2 Å². The molecule has 0 aromatic rings. The van der Waals surface area contributed by atoms with E-state index in [1.165, 1.54) is 167 Å². The number of carbonyl (C=O) groups is 1. The van der Waals surface area contributed by atoms with E-state index in [1.54, 1.807) is 0 Å². The Balaban J connectivity index is 3.71. The van der Waals surface area contributed by atoms with Crippen molar-refractivity contribution < 1.29 is 25.2 Å². The number of rotatable bonds is 42. The summed E-state index contributed by atoms with van der Waals surface area (Å²) in [5, 5.41) is 43.7. The van der Waals surface area contributed by atoms with E-state index in [9.17, 15) is 25.2 Å². The van der Waals surface area contributed by atoms with Crippen molar-refractivity contribution in [2.24, 2.45) is 0 Å². The van der Waals surface area contributed by atoms with Gasteiger partial charge in [0.2, 0.25) is 5.91 Å². The van der Waals surface area contributed by atoms with Gasteiger partial charge in [-0.1, -0.05) is 219 Å². The van der Waals surface area contributed by atoms with Crippen LogP contribution in [0.4, 0.5) is 0 Å². The Hall–Kier alpha value is -0.950. The first-order chi connectivity index (χ1) is 25.5. The standard InChI is InChI=1S/C46H91NO5/c1-3-5-7-9-11-13-15-17-19-21-22-23-24-26-28-30-32-34-36-38-40-44(50)46(52)47-42(41-48)45(51)43(49)39-37-35-33-31-29-27-25-20-18-16-14-12-10-8-6-4-2/h25,27,42-45,48-51H,3-24,26,28-41H2,1-2H3,(H,47,52)/b27-25+/t42-,43+,44+,45-/m0/s1. The second kappa shape index (κ2) is 41.2. The van der Waals surface area contributed by atoms with E-state index in [1.807, 2.05) is 0 Å². The van der Waals surface area contributed by atoms with Crippen molar-refractivity contribution in [2.75, 3.05) is 6.61 Å². The summed E-state index contributed by atoms with van der Waals surface area (Å²) in [5.74, 6) is -0.585. The quantitative estimate of drug-likeness (QED) is 0.0316. The molecular formula is C46H91NO5. The molecule has 0 aromatic carbocycles. The minimum Gasteiger partial charge on any atom is -0.394 e. The highest BCUT2D eigenvalue weighted by Crippen LogP contribution is 2.17. The van der Waals surface area contributed by atoms with Crippen LogP contribution in [0.5, 0.6) is 0 Å². The van der Waals surface area contributed by atoms with Gasteiger partial charge in [0.1, 0.15) is 12.2 Å². The SMILES string of the molecule is CCCCCCCCCC/C=C/CCCCCC[C@@H](O)[C@@H](O)[C@H](CO)NC(=O)[C@H](O)CCCCCCCCCCCCCCCCCCCCCC. The molecule has 0 saturated carbocycles. The van der Waals surface area contributed by atoms with Gasteiger partial charge in [-0.2, -0.15) is 0 Å². The molecule has 0 aromatic heterocycles. The van der Waals surface area contributed by atoms with Gasteiger partial charge in [0, 0.05) is 0 Å². The zero-order valence-corrected chi connectivity index (χ0v) is 34.8. The summed E-state index contributed by atoms with van der Waals surface area (Å²) >= 11 is 0. The smallest absolute Gasteiger partial charge is 0.249 e. The minimum atomic E-state index is -1.26. The van der Waals surface area contributed by atoms with Gasteiger partial charge in [0.05, 0.1) is 18.8 Å². The molecule has 4 atom stereocenters. The number of nitrogens with one attached hydrogen (secondary N) is 1. The molecule has 0 heterocycles. The maximum absolute atomic E-state index is 12.5. The summed E-state index contributed by atoms with van der Waals surface area (Å²) < 4.78 is 0. The topological polar surface area (TPSA) is 110 Å². The molecule has 0 aliphatic carbocycles. The minimum absolute atomic E-state index is 0.371. The van der Waals surface area contributed by atoms with Crippen LogP contribution in [0.3, 0.4) is 0 Å².